The van der Waals surface area contributed by atoms with Gasteiger partial charge in [-0.15, -0.1) is 0 Å². The Kier molecular flexibility index (Phi) is 5.81. The molecule has 4 rings (SSSR count). The number of carbonyl (C=O) groups is 1. The van der Waals surface area contributed by atoms with Crippen LogP contribution in [0, 0.1) is 0 Å². The number of aromatic amines is 1. The minimum Gasteiger partial charge on any atom is -0.504 e. The SMILES string of the molecule is COCCCN1C(=O)c2[nH]nc(-c3ccc(OC)cc3)c2C1c1ccc(O)c(OC)c1. The molecule has 2 heterocycles. The van der Waals surface area contributed by atoms with Crippen molar-refractivity contribution >= 4 is 5.91 Å². The van der Waals surface area contributed by atoms with E-state index in [1.165, 1.54) is 7.11 Å². The summed E-state index contributed by atoms with van der Waals surface area (Å²) in [5.74, 6) is 1.03. The Morgan fingerprint density at radius 3 is 2.55 bits per heavy atom. The quantitative estimate of drug-likeness (QED) is 0.539. The van der Waals surface area contributed by atoms with E-state index in [1.807, 2.05) is 24.3 Å². The van der Waals surface area contributed by atoms with E-state index in [2.05, 4.69) is 10.2 Å². The molecule has 162 valence electrons. The maximum atomic E-state index is 13.3. The summed E-state index contributed by atoms with van der Waals surface area (Å²) in [5, 5.41) is 17.5. The van der Waals surface area contributed by atoms with E-state index in [1.54, 1.807) is 37.3 Å². The topological polar surface area (TPSA) is 96.9 Å². The van der Waals surface area contributed by atoms with Gasteiger partial charge < -0.3 is 24.2 Å². The van der Waals surface area contributed by atoms with Crippen LogP contribution in [0.4, 0.5) is 0 Å². The van der Waals surface area contributed by atoms with Crippen LogP contribution in [-0.4, -0.2) is 60.6 Å². The van der Waals surface area contributed by atoms with Crippen LogP contribution in [-0.2, 0) is 4.74 Å². The predicted molar refractivity (Wildman–Crippen MR) is 115 cm³/mol. The van der Waals surface area contributed by atoms with E-state index < -0.39 is 0 Å². The van der Waals surface area contributed by atoms with E-state index in [9.17, 15) is 9.90 Å². The monoisotopic (exact) mass is 423 g/mol. The van der Waals surface area contributed by atoms with Crippen LogP contribution in [0.25, 0.3) is 11.3 Å². The molecule has 8 heteroatoms. The number of fused-ring (bicyclic) bond motifs is 1. The molecule has 3 aromatic rings. The van der Waals surface area contributed by atoms with Crippen LogP contribution in [0.15, 0.2) is 42.5 Å². The molecular formula is C23H25N3O5. The molecule has 1 atom stereocenters. The molecular weight excluding hydrogens is 398 g/mol. The van der Waals surface area contributed by atoms with Crippen molar-refractivity contribution < 1.29 is 24.1 Å². The number of phenols is 1. The maximum Gasteiger partial charge on any atom is 0.273 e. The number of H-pyrrole nitrogens is 1. The number of aromatic nitrogens is 2. The summed E-state index contributed by atoms with van der Waals surface area (Å²) in [6.45, 7) is 1.07. The summed E-state index contributed by atoms with van der Waals surface area (Å²) in [5.41, 5.74) is 3.69. The number of nitrogens with one attached hydrogen (secondary N) is 1. The van der Waals surface area contributed by atoms with E-state index >= 15 is 0 Å². The second-order valence-corrected chi connectivity index (χ2v) is 7.27. The largest absolute Gasteiger partial charge is 0.504 e. The molecule has 1 aliphatic rings. The van der Waals surface area contributed by atoms with Crippen molar-refractivity contribution in [1.82, 2.24) is 15.1 Å². The van der Waals surface area contributed by atoms with Crippen LogP contribution in [0.5, 0.6) is 17.2 Å². The van der Waals surface area contributed by atoms with Gasteiger partial charge >= 0.3 is 0 Å². The number of ether oxygens (including phenoxy) is 3. The summed E-state index contributed by atoms with van der Waals surface area (Å²) in [7, 11) is 4.76. The molecule has 8 nitrogen and oxygen atoms in total. The first-order valence-corrected chi connectivity index (χ1v) is 9.98. The Balaban J connectivity index is 1.82. The highest BCUT2D eigenvalue weighted by atomic mass is 16.5. The van der Waals surface area contributed by atoms with Crippen molar-refractivity contribution in [3.8, 4) is 28.5 Å². The highest BCUT2D eigenvalue weighted by Gasteiger charge is 2.42. The lowest BCUT2D eigenvalue weighted by Crippen LogP contribution is -2.31. The minimum absolute atomic E-state index is 0.0456. The zero-order valence-corrected chi connectivity index (χ0v) is 17.7. The third-order valence-electron chi connectivity index (χ3n) is 5.49. The number of hydrogen-bond acceptors (Lipinski definition) is 6. The second kappa shape index (κ2) is 8.69. The van der Waals surface area contributed by atoms with Gasteiger partial charge in [0, 0.05) is 31.4 Å². The summed E-state index contributed by atoms with van der Waals surface area (Å²) >= 11 is 0. The molecule has 1 aromatic heterocycles. The highest BCUT2D eigenvalue weighted by molar-refractivity contribution is 6.00. The average molecular weight is 423 g/mol. The number of aromatic hydroxyl groups is 1. The van der Waals surface area contributed by atoms with Crippen molar-refractivity contribution in [2.24, 2.45) is 0 Å². The number of carbonyl (C=O) groups excluding carboxylic acids is 1. The summed E-state index contributed by atoms with van der Waals surface area (Å²) < 4.78 is 15.7. The van der Waals surface area contributed by atoms with Gasteiger partial charge in [0.1, 0.15) is 11.4 Å². The van der Waals surface area contributed by atoms with Crippen molar-refractivity contribution in [3.05, 3.63) is 59.3 Å². The van der Waals surface area contributed by atoms with E-state index in [4.69, 9.17) is 14.2 Å². The summed E-state index contributed by atoms with van der Waals surface area (Å²) in [4.78, 5) is 15.1. The highest BCUT2D eigenvalue weighted by Crippen LogP contribution is 2.44. The van der Waals surface area contributed by atoms with Gasteiger partial charge in [-0.25, -0.2) is 0 Å². The van der Waals surface area contributed by atoms with Crippen LogP contribution >= 0.6 is 0 Å². The third-order valence-corrected chi connectivity index (χ3v) is 5.49. The minimum atomic E-state index is -0.371. The predicted octanol–water partition coefficient (Wildman–Crippen LogP) is 3.38. The van der Waals surface area contributed by atoms with Crippen molar-refractivity contribution in [2.45, 2.75) is 12.5 Å². The van der Waals surface area contributed by atoms with E-state index in [0.29, 0.717) is 36.7 Å². The van der Waals surface area contributed by atoms with Crippen molar-refractivity contribution in [3.63, 3.8) is 0 Å². The molecule has 0 bridgehead atoms. The Morgan fingerprint density at radius 2 is 1.87 bits per heavy atom. The number of amides is 1. The third kappa shape index (κ3) is 3.70. The molecule has 0 aliphatic carbocycles. The average Bonchev–Trinajstić information content (AvgIpc) is 3.34. The number of phenolic OH excluding ortho intramolecular Hbond substituents is 1. The van der Waals surface area contributed by atoms with Crippen LogP contribution < -0.4 is 9.47 Å². The lowest BCUT2D eigenvalue weighted by Gasteiger charge is -2.26. The fourth-order valence-corrected chi connectivity index (χ4v) is 3.99. The van der Waals surface area contributed by atoms with Crippen LogP contribution in [0.3, 0.4) is 0 Å². The zero-order chi connectivity index (χ0) is 22.0. The second-order valence-electron chi connectivity index (χ2n) is 7.27. The number of rotatable bonds is 8. The number of methoxy groups -OCH3 is 3. The first kappa shape index (κ1) is 20.7. The normalized spacial score (nSPS) is 15.3. The molecule has 0 saturated carbocycles. The number of benzene rings is 2. The molecule has 2 aromatic carbocycles. The smallest absolute Gasteiger partial charge is 0.273 e. The van der Waals surface area contributed by atoms with Gasteiger partial charge in [-0.2, -0.15) is 5.10 Å². The van der Waals surface area contributed by atoms with Crippen molar-refractivity contribution in [2.75, 3.05) is 34.5 Å². The van der Waals surface area contributed by atoms with Gasteiger partial charge in [-0.1, -0.05) is 6.07 Å². The lowest BCUT2D eigenvalue weighted by atomic mass is 9.95. The van der Waals surface area contributed by atoms with Gasteiger partial charge in [-0.3, -0.25) is 9.89 Å². The van der Waals surface area contributed by atoms with Crippen LogP contribution in [0.1, 0.15) is 34.1 Å². The molecule has 0 fully saturated rings. The number of nitrogens with zero attached hydrogens (tertiary/aromatic N) is 2. The van der Waals surface area contributed by atoms with Gasteiger partial charge in [0.15, 0.2) is 11.5 Å². The Bertz CT molecular complexity index is 1080. The molecule has 31 heavy (non-hydrogen) atoms. The summed E-state index contributed by atoms with van der Waals surface area (Å²) in [6.07, 6.45) is 0.698. The van der Waals surface area contributed by atoms with Crippen molar-refractivity contribution in [1.29, 1.82) is 0 Å². The first-order valence-electron chi connectivity index (χ1n) is 9.98. The standard InChI is InChI=1S/C23H25N3O5/c1-29-12-4-11-26-22(15-7-10-17(27)18(13-15)31-3)19-20(24-25-21(19)23(26)28)14-5-8-16(30-2)9-6-14/h5-10,13,22,27H,4,11-12H2,1-3H3,(H,24,25). The molecule has 0 radical (unpaired) electrons. The van der Waals surface area contributed by atoms with Gasteiger partial charge in [0.2, 0.25) is 0 Å². The van der Waals surface area contributed by atoms with E-state index in [0.717, 1.165) is 22.4 Å². The molecule has 0 spiro atoms. The molecule has 1 amide bonds. The fourth-order valence-electron chi connectivity index (χ4n) is 3.99. The zero-order valence-electron chi connectivity index (χ0n) is 17.7. The van der Waals surface area contributed by atoms with Gasteiger partial charge in [0.05, 0.1) is 26.0 Å². The first-order chi connectivity index (χ1) is 15.1. The van der Waals surface area contributed by atoms with Gasteiger partial charge in [-0.05, 0) is 48.4 Å². The molecule has 2 N–H and O–H groups in total. The lowest BCUT2D eigenvalue weighted by molar-refractivity contribution is 0.0723. The van der Waals surface area contributed by atoms with Gasteiger partial charge in [0.25, 0.3) is 5.91 Å². The molecule has 1 unspecified atom stereocenters. The maximum absolute atomic E-state index is 13.3. The fraction of sp³-hybridized carbons (Fsp3) is 0.304. The Labute approximate surface area is 180 Å². The summed E-state index contributed by atoms with van der Waals surface area (Å²) in [6, 6.07) is 12.3. The van der Waals surface area contributed by atoms with Crippen LogP contribution in [0.2, 0.25) is 0 Å². The molecule has 0 saturated heterocycles. The van der Waals surface area contributed by atoms with E-state index in [-0.39, 0.29) is 17.7 Å². The molecule has 1 aliphatic heterocycles. The Morgan fingerprint density at radius 1 is 1.10 bits per heavy atom. The Hall–Kier alpha value is -3.52. The number of hydrogen-bond donors (Lipinski definition) is 2.